The molecular weight excluding hydrogens is 598 g/mol. The number of carbonyl (C=O) groups excluding carboxylic acids is 2. The third-order valence-corrected chi connectivity index (χ3v) is 8.71. The van der Waals surface area contributed by atoms with Gasteiger partial charge in [0, 0.05) is 12.6 Å². The second kappa shape index (κ2) is 13.6. The van der Waals surface area contributed by atoms with Gasteiger partial charge in [0.05, 0.1) is 21.2 Å². The predicted octanol–water partition coefficient (Wildman–Crippen LogP) is 6.03. The Morgan fingerprint density at radius 1 is 0.976 bits per heavy atom. The van der Waals surface area contributed by atoms with Gasteiger partial charge in [-0.25, -0.2) is 12.8 Å². The Bertz CT molecular complexity index is 1500. The van der Waals surface area contributed by atoms with Crippen LogP contribution in [0.3, 0.4) is 0 Å². The summed E-state index contributed by atoms with van der Waals surface area (Å²) in [5.41, 5.74) is -1.30. The number of rotatable bonds is 11. The SMILES string of the molecule is CCC(C)NC(=O)C(C)N(Cc1ccc(F)cc1)C(=O)CN(c1ccc(Cl)c(C(F)(F)F)c1)S(=O)(=O)c1ccccc1. The predicted molar refractivity (Wildman–Crippen MR) is 152 cm³/mol. The zero-order valence-electron chi connectivity index (χ0n) is 23.0. The van der Waals surface area contributed by atoms with Crippen molar-refractivity contribution < 1.29 is 35.6 Å². The molecule has 0 bridgehead atoms. The highest BCUT2D eigenvalue weighted by Crippen LogP contribution is 2.38. The molecule has 13 heteroatoms. The zero-order chi connectivity index (χ0) is 31.2. The number of anilines is 1. The summed E-state index contributed by atoms with van der Waals surface area (Å²) in [6.07, 6.45) is -4.30. The molecule has 226 valence electrons. The van der Waals surface area contributed by atoms with Gasteiger partial charge in [-0.2, -0.15) is 13.2 Å². The standard InChI is InChI=1S/C29H30ClF4N3O4S/c1-4-19(2)35-28(39)20(3)36(17-21-10-12-22(31)13-11-21)27(38)18-37(42(40,41)24-8-6-5-7-9-24)23-14-15-26(30)25(16-23)29(32,33)34/h5-16,19-20H,4,17-18H2,1-3H3,(H,35,39). The first kappa shape index (κ1) is 32.9. The number of halogens is 5. The van der Waals surface area contributed by atoms with Crippen molar-refractivity contribution in [3.63, 3.8) is 0 Å². The molecule has 3 aromatic rings. The van der Waals surface area contributed by atoms with Crippen molar-refractivity contribution in [2.75, 3.05) is 10.8 Å². The van der Waals surface area contributed by atoms with Gasteiger partial charge in [-0.15, -0.1) is 0 Å². The fraction of sp³-hybridized carbons (Fsp3) is 0.310. The van der Waals surface area contributed by atoms with E-state index in [0.717, 1.165) is 17.0 Å². The Balaban J connectivity index is 2.10. The Labute approximate surface area is 247 Å². The van der Waals surface area contributed by atoms with Crippen LogP contribution >= 0.6 is 11.6 Å². The van der Waals surface area contributed by atoms with Gasteiger partial charge in [0.15, 0.2) is 0 Å². The maximum atomic E-state index is 13.8. The molecule has 7 nitrogen and oxygen atoms in total. The van der Waals surface area contributed by atoms with Crippen LogP contribution in [0.1, 0.15) is 38.3 Å². The molecule has 0 heterocycles. The molecule has 3 rings (SSSR count). The van der Waals surface area contributed by atoms with E-state index in [9.17, 15) is 35.6 Å². The number of alkyl halides is 3. The number of nitrogens with one attached hydrogen (secondary N) is 1. The van der Waals surface area contributed by atoms with Crippen LogP contribution in [0.15, 0.2) is 77.7 Å². The second-order valence-electron chi connectivity index (χ2n) is 9.63. The first-order valence-electron chi connectivity index (χ1n) is 12.9. The highest BCUT2D eigenvalue weighted by atomic mass is 35.5. The van der Waals surface area contributed by atoms with E-state index >= 15 is 0 Å². The number of nitrogens with zero attached hydrogens (tertiary/aromatic N) is 2. The molecule has 0 aliphatic heterocycles. The van der Waals surface area contributed by atoms with Gasteiger partial charge in [0.1, 0.15) is 18.4 Å². The van der Waals surface area contributed by atoms with Gasteiger partial charge >= 0.3 is 6.18 Å². The van der Waals surface area contributed by atoms with Crippen LogP contribution in [-0.4, -0.2) is 43.8 Å². The van der Waals surface area contributed by atoms with E-state index in [-0.39, 0.29) is 17.5 Å². The van der Waals surface area contributed by atoms with Crippen molar-refractivity contribution in [3.8, 4) is 0 Å². The molecule has 2 amide bonds. The van der Waals surface area contributed by atoms with Crippen LogP contribution in [0.4, 0.5) is 23.2 Å². The summed E-state index contributed by atoms with van der Waals surface area (Å²) in [4.78, 5) is 27.7. The zero-order valence-corrected chi connectivity index (χ0v) is 24.6. The average Bonchev–Trinajstić information content (AvgIpc) is 2.95. The van der Waals surface area contributed by atoms with Crippen LogP contribution in [0, 0.1) is 5.82 Å². The molecule has 2 unspecified atom stereocenters. The Morgan fingerprint density at radius 2 is 1.60 bits per heavy atom. The normalized spacial score (nSPS) is 13.2. The monoisotopic (exact) mass is 627 g/mol. The van der Waals surface area contributed by atoms with E-state index in [0.29, 0.717) is 22.4 Å². The Morgan fingerprint density at radius 3 is 2.17 bits per heavy atom. The van der Waals surface area contributed by atoms with Crippen LogP contribution in [0.2, 0.25) is 5.02 Å². The van der Waals surface area contributed by atoms with E-state index in [1.54, 1.807) is 13.0 Å². The Hall–Kier alpha value is -3.64. The van der Waals surface area contributed by atoms with Crippen molar-refractivity contribution >= 4 is 39.1 Å². The molecule has 0 saturated carbocycles. The van der Waals surface area contributed by atoms with Crippen molar-refractivity contribution in [2.24, 2.45) is 0 Å². The van der Waals surface area contributed by atoms with Crippen LogP contribution in [0.5, 0.6) is 0 Å². The minimum absolute atomic E-state index is 0.206. The quantitative estimate of drug-likeness (QED) is 0.263. The van der Waals surface area contributed by atoms with E-state index < -0.39 is 62.7 Å². The highest BCUT2D eigenvalue weighted by molar-refractivity contribution is 7.92. The molecule has 1 N–H and O–H groups in total. The summed E-state index contributed by atoms with van der Waals surface area (Å²) >= 11 is 5.77. The molecular formula is C29H30ClF4N3O4S. The molecule has 0 saturated heterocycles. The average molecular weight is 628 g/mol. The summed E-state index contributed by atoms with van der Waals surface area (Å²) < 4.78 is 82.7. The van der Waals surface area contributed by atoms with Gasteiger partial charge in [-0.3, -0.25) is 13.9 Å². The molecule has 2 atom stereocenters. The Kier molecular flexibility index (Phi) is 10.6. The molecule has 3 aromatic carbocycles. The number of hydrogen-bond acceptors (Lipinski definition) is 4. The number of carbonyl (C=O) groups is 2. The van der Waals surface area contributed by atoms with Crippen LogP contribution in [-0.2, 0) is 32.3 Å². The molecule has 0 spiro atoms. The summed E-state index contributed by atoms with van der Waals surface area (Å²) in [7, 11) is -4.58. The lowest BCUT2D eigenvalue weighted by molar-refractivity contribution is -0.139. The third-order valence-electron chi connectivity index (χ3n) is 6.59. The maximum absolute atomic E-state index is 13.8. The van der Waals surface area contributed by atoms with Crippen LogP contribution < -0.4 is 9.62 Å². The van der Waals surface area contributed by atoms with Crippen molar-refractivity contribution in [2.45, 2.75) is 56.9 Å². The summed E-state index contributed by atoms with van der Waals surface area (Å²) in [5.74, 6) is -1.93. The van der Waals surface area contributed by atoms with Gasteiger partial charge < -0.3 is 10.2 Å². The number of hydrogen-bond donors (Lipinski definition) is 1. The lowest BCUT2D eigenvalue weighted by Gasteiger charge is -2.32. The first-order chi connectivity index (χ1) is 19.6. The smallest absolute Gasteiger partial charge is 0.352 e. The molecule has 0 aromatic heterocycles. The minimum Gasteiger partial charge on any atom is -0.352 e. The minimum atomic E-state index is -4.91. The summed E-state index contributed by atoms with van der Waals surface area (Å²) in [5, 5.41) is 2.12. The number of amides is 2. The number of sulfonamides is 1. The molecule has 0 aliphatic carbocycles. The van der Waals surface area contributed by atoms with Gasteiger partial charge in [0.25, 0.3) is 10.0 Å². The molecule has 0 aliphatic rings. The molecule has 0 fully saturated rings. The van der Waals surface area contributed by atoms with Gasteiger partial charge in [0.2, 0.25) is 11.8 Å². The van der Waals surface area contributed by atoms with Gasteiger partial charge in [-0.1, -0.05) is 48.9 Å². The largest absolute Gasteiger partial charge is 0.417 e. The van der Waals surface area contributed by atoms with Crippen LogP contribution in [0.25, 0.3) is 0 Å². The van der Waals surface area contributed by atoms with E-state index in [4.69, 9.17) is 11.6 Å². The maximum Gasteiger partial charge on any atom is 0.417 e. The second-order valence-corrected chi connectivity index (χ2v) is 11.9. The van der Waals surface area contributed by atoms with Crippen molar-refractivity contribution in [1.82, 2.24) is 10.2 Å². The highest BCUT2D eigenvalue weighted by Gasteiger charge is 2.37. The van der Waals surface area contributed by atoms with E-state index in [1.807, 2.05) is 6.92 Å². The topological polar surface area (TPSA) is 86.8 Å². The fourth-order valence-electron chi connectivity index (χ4n) is 3.97. The third kappa shape index (κ3) is 8.01. The van der Waals surface area contributed by atoms with Gasteiger partial charge in [-0.05, 0) is 68.3 Å². The molecule has 42 heavy (non-hydrogen) atoms. The van der Waals surface area contributed by atoms with Crippen molar-refractivity contribution in [1.29, 1.82) is 0 Å². The molecule has 0 radical (unpaired) electrons. The number of benzene rings is 3. The first-order valence-corrected chi connectivity index (χ1v) is 14.8. The van der Waals surface area contributed by atoms with Crippen molar-refractivity contribution in [3.05, 3.63) is 94.8 Å². The summed E-state index contributed by atoms with van der Waals surface area (Å²) in [6, 6.07) is 13.2. The van der Waals surface area contributed by atoms with E-state index in [2.05, 4.69) is 5.32 Å². The van der Waals surface area contributed by atoms with E-state index in [1.165, 1.54) is 55.5 Å². The lowest BCUT2D eigenvalue weighted by Crippen LogP contribution is -2.52. The fourth-order valence-corrected chi connectivity index (χ4v) is 5.62. The lowest BCUT2D eigenvalue weighted by atomic mass is 10.1. The summed E-state index contributed by atoms with van der Waals surface area (Å²) in [6.45, 7) is 3.91.